The number of hydrogen-bond donors (Lipinski definition) is 2. The Morgan fingerprint density at radius 2 is 1.78 bits per heavy atom. The summed E-state index contributed by atoms with van der Waals surface area (Å²) in [6, 6.07) is 10.6. The third-order valence-electron chi connectivity index (χ3n) is 5.65. The highest BCUT2D eigenvalue weighted by molar-refractivity contribution is 6.06. The number of carbonyl (C=O) groups is 2. The Hall–Kier alpha value is -3.26. The summed E-state index contributed by atoms with van der Waals surface area (Å²) in [7, 11) is 4.03. The number of ether oxygens (including phenoxy) is 2. The quantitative estimate of drug-likeness (QED) is 0.617. The molecule has 2 aliphatic rings. The number of benzene rings is 2. The van der Waals surface area contributed by atoms with Crippen molar-refractivity contribution in [2.75, 3.05) is 57.3 Å². The molecule has 32 heavy (non-hydrogen) atoms. The molecule has 2 amide bonds. The lowest BCUT2D eigenvalue weighted by atomic mass is 10.1. The van der Waals surface area contributed by atoms with Crippen LogP contribution in [0, 0.1) is 0 Å². The Bertz CT molecular complexity index is 986. The summed E-state index contributed by atoms with van der Waals surface area (Å²) in [5.74, 6) is 0.795. The number of fused-ring (bicyclic) bond motifs is 1. The summed E-state index contributed by atoms with van der Waals surface area (Å²) in [5, 5.41) is 5.93. The fraction of sp³-hybridized carbons (Fsp3) is 0.417. The zero-order chi connectivity index (χ0) is 22.5. The van der Waals surface area contributed by atoms with Gasteiger partial charge < -0.3 is 29.9 Å². The largest absolute Gasteiger partial charge is 0.454 e. The second kappa shape index (κ2) is 9.91. The van der Waals surface area contributed by atoms with Gasteiger partial charge in [-0.15, -0.1) is 0 Å². The summed E-state index contributed by atoms with van der Waals surface area (Å²) in [4.78, 5) is 30.1. The van der Waals surface area contributed by atoms with Crippen LogP contribution in [-0.2, 0) is 0 Å². The van der Waals surface area contributed by atoms with Crippen LogP contribution in [0.15, 0.2) is 36.4 Å². The van der Waals surface area contributed by atoms with Crippen LogP contribution in [-0.4, -0.2) is 63.8 Å². The van der Waals surface area contributed by atoms with E-state index in [1.165, 1.54) is 0 Å². The molecule has 2 aromatic carbocycles. The van der Waals surface area contributed by atoms with Gasteiger partial charge in [0, 0.05) is 36.6 Å². The van der Waals surface area contributed by atoms with Gasteiger partial charge in [0.15, 0.2) is 11.5 Å². The molecule has 2 aromatic rings. The zero-order valence-electron chi connectivity index (χ0n) is 18.6. The maximum absolute atomic E-state index is 13.0. The first-order valence-electron chi connectivity index (χ1n) is 11.0. The van der Waals surface area contributed by atoms with E-state index in [-0.39, 0.29) is 18.6 Å². The van der Waals surface area contributed by atoms with Crippen LogP contribution in [0.3, 0.4) is 0 Å². The van der Waals surface area contributed by atoms with Crippen LogP contribution in [0.1, 0.15) is 40.0 Å². The summed E-state index contributed by atoms with van der Waals surface area (Å²) in [6.07, 6.45) is 3.11. The minimum Gasteiger partial charge on any atom is -0.454 e. The van der Waals surface area contributed by atoms with Gasteiger partial charge in [0.1, 0.15) is 0 Å². The maximum atomic E-state index is 13.0. The van der Waals surface area contributed by atoms with E-state index in [4.69, 9.17) is 9.47 Å². The fourth-order valence-electron chi connectivity index (χ4n) is 3.96. The SMILES string of the molecule is CN(C)CCCNC(=O)c1cc(NC(=O)c2ccc3c(c2)OCO3)ccc1N1CCCC1. The smallest absolute Gasteiger partial charge is 0.255 e. The Morgan fingerprint density at radius 1 is 1.00 bits per heavy atom. The van der Waals surface area contributed by atoms with Crippen molar-refractivity contribution in [1.82, 2.24) is 10.2 Å². The van der Waals surface area contributed by atoms with Crippen molar-refractivity contribution in [3.8, 4) is 11.5 Å². The molecule has 4 rings (SSSR count). The Kier molecular flexibility index (Phi) is 6.80. The van der Waals surface area contributed by atoms with Crippen molar-refractivity contribution >= 4 is 23.2 Å². The summed E-state index contributed by atoms with van der Waals surface area (Å²) < 4.78 is 10.7. The Labute approximate surface area is 188 Å². The molecular formula is C24H30N4O4. The van der Waals surface area contributed by atoms with Gasteiger partial charge in [0.2, 0.25) is 6.79 Å². The van der Waals surface area contributed by atoms with E-state index in [0.29, 0.717) is 34.9 Å². The Balaban J connectivity index is 1.50. The third-order valence-corrected chi connectivity index (χ3v) is 5.65. The molecule has 0 aliphatic carbocycles. The van der Waals surface area contributed by atoms with Crippen molar-refractivity contribution in [3.63, 3.8) is 0 Å². The van der Waals surface area contributed by atoms with E-state index >= 15 is 0 Å². The molecule has 0 atom stereocenters. The number of carbonyl (C=O) groups excluding carboxylic acids is 2. The predicted molar refractivity (Wildman–Crippen MR) is 124 cm³/mol. The minimum atomic E-state index is -0.269. The molecule has 1 saturated heterocycles. The lowest BCUT2D eigenvalue weighted by molar-refractivity contribution is 0.0951. The van der Waals surface area contributed by atoms with Gasteiger partial charge in [-0.1, -0.05) is 0 Å². The van der Waals surface area contributed by atoms with Gasteiger partial charge in [-0.05, 0) is 76.3 Å². The van der Waals surface area contributed by atoms with Crippen LogP contribution in [0.5, 0.6) is 11.5 Å². The number of nitrogens with zero attached hydrogens (tertiary/aromatic N) is 2. The van der Waals surface area contributed by atoms with Crippen molar-refractivity contribution in [3.05, 3.63) is 47.5 Å². The van der Waals surface area contributed by atoms with Crippen molar-refractivity contribution in [1.29, 1.82) is 0 Å². The molecule has 2 aliphatic heterocycles. The van der Waals surface area contributed by atoms with Crippen LogP contribution in [0.25, 0.3) is 0 Å². The monoisotopic (exact) mass is 438 g/mol. The molecule has 170 valence electrons. The van der Waals surface area contributed by atoms with Crippen molar-refractivity contribution in [2.45, 2.75) is 19.3 Å². The van der Waals surface area contributed by atoms with E-state index in [9.17, 15) is 9.59 Å². The van der Waals surface area contributed by atoms with Gasteiger partial charge in [0.05, 0.1) is 5.56 Å². The van der Waals surface area contributed by atoms with Crippen LogP contribution in [0.2, 0.25) is 0 Å². The first kappa shape index (κ1) is 22.0. The average molecular weight is 439 g/mol. The zero-order valence-corrected chi connectivity index (χ0v) is 18.6. The van der Waals surface area contributed by atoms with Gasteiger partial charge in [-0.3, -0.25) is 9.59 Å². The summed E-state index contributed by atoms with van der Waals surface area (Å²) in [5.41, 5.74) is 2.54. The average Bonchev–Trinajstić information content (AvgIpc) is 3.47. The van der Waals surface area contributed by atoms with Crippen molar-refractivity contribution in [2.24, 2.45) is 0 Å². The van der Waals surface area contributed by atoms with E-state index in [1.807, 2.05) is 26.2 Å². The molecule has 0 spiro atoms. The topological polar surface area (TPSA) is 83.1 Å². The van der Waals surface area contributed by atoms with E-state index in [1.54, 1.807) is 24.3 Å². The first-order valence-corrected chi connectivity index (χ1v) is 11.0. The number of amides is 2. The van der Waals surface area contributed by atoms with Gasteiger partial charge in [-0.25, -0.2) is 0 Å². The highest BCUT2D eigenvalue weighted by Gasteiger charge is 2.21. The molecule has 0 saturated carbocycles. The number of anilines is 2. The number of rotatable bonds is 8. The first-order chi connectivity index (χ1) is 15.5. The van der Waals surface area contributed by atoms with Gasteiger partial charge in [-0.2, -0.15) is 0 Å². The second-order valence-electron chi connectivity index (χ2n) is 8.36. The van der Waals surface area contributed by atoms with Gasteiger partial charge in [0.25, 0.3) is 11.8 Å². The molecule has 0 aromatic heterocycles. The fourth-order valence-corrected chi connectivity index (χ4v) is 3.96. The standard InChI is InChI=1S/C24H30N4O4/c1-27(2)11-5-10-25-24(30)19-15-18(7-8-20(19)28-12-3-4-13-28)26-23(29)17-6-9-21-22(14-17)32-16-31-21/h6-9,14-15H,3-5,10-13,16H2,1-2H3,(H,25,30)(H,26,29). The van der Waals surface area contributed by atoms with E-state index in [0.717, 1.165) is 44.6 Å². The normalized spacial score (nSPS) is 14.7. The highest BCUT2D eigenvalue weighted by Crippen LogP contribution is 2.33. The molecule has 2 heterocycles. The van der Waals surface area contributed by atoms with Crippen LogP contribution in [0.4, 0.5) is 11.4 Å². The maximum Gasteiger partial charge on any atom is 0.255 e. The molecule has 0 unspecified atom stereocenters. The summed E-state index contributed by atoms with van der Waals surface area (Å²) in [6.45, 7) is 3.54. The summed E-state index contributed by atoms with van der Waals surface area (Å²) >= 11 is 0. The molecule has 2 N–H and O–H groups in total. The molecule has 8 heteroatoms. The van der Waals surface area contributed by atoms with Crippen LogP contribution < -0.4 is 25.0 Å². The molecule has 1 fully saturated rings. The number of hydrogen-bond acceptors (Lipinski definition) is 6. The molecular weight excluding hydrogens is 408 g/mol. The second-order valence-corrected chi connectivity index (χ2v) is 8.36. The van der Waals surface area contributed by atoms with Crippen LogP contribution >= 0.6 is 0 Å². The van der Waals surface area contributed by atoms with E-state index in [2.05, 4.69) is 20.4 Å². The molecule has 0 bridgehead atoms. The minimum absolute atomic E-state index is 0.121. The van der Waals surface area contributed by atoms with Crippen molar-refractivity contribution < 1.29 is 19.1 Å². The lowest BCUT2D eigenvalue weighted by Crippen LogP contribution is -2.29. The Morgan fingerprint density at radius 3 is 2.56 bits per heavy atom. The number of nitrogens with one attached hydrogen (secondary N) is 2. The lowest BCUT2D eigenvalue weighted by Gasteiger charge is -2.22. The third kappa shape index (κ3) is 5.13. The predicted octanol–water partition coefficient (Wildman–Crippen LogP) is 2.95. The molecule has 0 radical (unpaired) electrons. The highest BCUT2D eigenvalue weighted by atomic mass is 16.7. The van der Waals surface area contributed by atoms with E-state index < -0.39 is 0 Å². The molecule has 8 nitrogen and oxygen atoms in total. The van der Waals surface area contributed by atoms with Gasteiger partial charge >= 0.3 is 0 Å².